The molecule has 0 amide bonds. The van der Waals surface area contributed by atoms with E-state index >= 15 is 0 Å². The van der Waals surface area contributed by atoms with Gasteiger partial charge in [0.15, 0.2) is 0 Å². The van der Waals surface area contributed by atoms with Crippen LogP contribution in [0.1, 0.15) is 62.1 Å². The normalized spacial score (nSPS) is 23.4. The summed E-state index contributed by atoms with van der Waals surface area (Å²) >= 11 is 0. The van der Waals surface area contributed by atoms with Gasteiger partial charge in [-0.15, -0.1) is 0 Å². The summed E-state index contributed by atoms with van der Waals surface area (Å²) in [6.07, 6.45) is 6.85. The summed E-state index contributed by atoms with van der Waals surface area (Å²) in [5, 5.41) is 0. The molecule has 2 nitrogen and oxygen atoms in total. The minimum absolute atomic E-state index is 0.328. The van der Waals surface area contributed by atoms with E-state index in [2.05, 4.69) is 36.6 Å². The van der Waals surface area contributed by atoms with Crippen LogP contribution in [-0.4, -0.2) is 0 Å². The summed E-state index contributed by atoms with van der Waals surface area (Å²) in [6.45, 7) is 2.35. The molecular weight excluding hydrogens is 220 g/mol. The molecule has 0 bridgehead atoms. The van der Waals surface area contributed by atoms with E-state index in [9.17, 15) is 0 Å². The molecule has 3 rings (SSSR count). The number of rotatable bonds is 5. The van der Waals surface area contributed by atoms with Gasteiger partial charge in [-0.25, -0.2) is 0 Å². The molecule has 2 saturated carbocycles. The van der Waals surface area contributed by atoms with E-state index in [0.717, 1.165) is 11.8 Å². The first-order valence-corrected chi connectivity index (χ1v) is 7.36. The molecule has 0 spiro atoms. The Morgan fingerprint density at radius 1 is 1.17 bits per heavy atom. The topological polar surface area (TPSA) is 38.0 Å². The molecular formula is C16H24N2. The lowest BCUT2D eigenvalue weighted by molar-refractivity contribution is 0.343. The molecule has 3 N–H and O–H groups in total. The highest BCUT2D eigenvalue weighted by molar-refractivity contribution is 5.34. The molecule has 2 unspecified atom stereocenters. The third kappa shape index (κ3) is 2.19. The van der Waals surface area contributed by atoms with E-state index in [1.807, 2.05) is 0 Å². The maximum Gasteiger partial charge on any atom is 0.0490 e. The fourth-order valence-electron chi connectivity index (χ4n) is 3.30. The van der Waals surface area contributed by atoms with Gasteiger partial charge in [0.1, 0.15) is 0 Å². The summed E-state index contributed by atoms with van der Waals surface area (Å²) in [5.41, 5.74) is 6.07. The molecule has 2 aliphatic carbocycles. The Kier molecular flexibility index (Phi) is 3.40. The van der Waals surface area contributed by atoms with E-state index < -0.39 is 0 Å². The van der Waals surface area contributed by atoms with Gasteiger partial charge in [-0.3, -0.25) is 11.3 Å². The number of hydrogen-bond donors (Lipinski definition) is 2. The molecule has 18 heavy (non-hydrogen) atoms. The third-order valence-electron chi connectivity index (χ3n) is 4.95. The summed E-state index contributed by atoms with van der Waals surface area (Å²) < 4.78 is 0. The Labute approximate surface area is 110 Å². The van der Waals surface area contributed by atoms with Crippen LogP contribution in [0, 0.1) is 11.8 Å². The Morgan fingerprint density at radius 2 is 1.89 bits per heavy atom. The molecule has 0 aromatic heterocycles. The Balaban J connectivity index is 1.88. The highest BCUT2D eigenvalue weighted by Gasteiger charge is 2.35. The van der Waals surface area contributed by atoms with Crippen molar-refractivity contribution in [2.24, 2.45) is 17.7 Å². The number of benzene rings is 1. The molecule has 2 atom stereocenters. The van der Waals surface area contributed by atoms with Gasteiger partial charge in [-0.05, 0) is 54.6 Å². The monoisotopic (exact) mass is 244 g/mol. The van der Waals surface area contributed by atoms with Crippen molar-refractivity contribution in [2.45, 2.75) is 51.0 Å². The van der Waals surface area contributed by atoms with Crippen LogP contribution in [0.5, 0.6) is 0 Å². The fourth-order valence-corrected chi connectivity index (χ4v) is 3.30. The SMILES string of the molecule is CC(C1CC1)C(NN)c1ccccc1C1CCC1. The first kappa shape index (κ1) is 12.2. The van der Waals surface area contributed by atoms with Crippen LogP contribution >= 0.6 is 0 Å². The molecule has 2 heteroatoms. The van der Waals surface area contributed by atoms with Crippen molar-refractivity contribution in [1.29, 1.82) is 0 Å². The summed E-state index contributed by atoms with van der Waals surface area (Å²) in [6, 6.07) is 9.24. The van der Waals surface area contributed by atoms with Crippen LogP contribution in [0.3, 0.4) is 0 Å². The number of hydrazine groups is 1. The molecule has 0 radical (unpaired) electrons. The molecule has 98 valence electrons. The Hall–Kier alpha value is -0.860. The summed E-state index contributed by atoms with van der Waals surface area (Å²) in [5.74, 6) is 8.16. The van der Waals surface area contributed by atoms with E-state index in [1.165, 1.54) is 37.7 Å². The second-order valence-electron chi connectivity index (χ2n) is 6.10. The number of nitrogens with one attached hydrogen (secondary N) is 1. The highest BCUT2D eigenvalue weighted by atomic mass is 15.2. The molecule has 0 aliphatic heterocycles. The average molecular weight is 244 g/mol. The van der Waals surface area contributed by atoms with Gasteiger partial charge in [0.05, 0.1) is 0 Å². The predicted molar refractivity (Wildman–Crippen MR) is 75.0 cm³/mol. The Morgan fingerprint density at radius 3 is 2.44 bits per heavy atom. The first-order chi connectivity index (χ1) is 8.81. The highest BCUT2D eigenvalue weighted by Crippen LogP contribution is 2.45. The predicted octanol–water partition coefficient (Wildman–Crippen LogP) is 3.50. The van der Waals surface area contributed by atoms with Crippen molar-refractivity contribution in [3.05, 3.63) is 35.4 Å². The number of hydrogen-bond acceptors (Lipinski definition) is 2. The van der Waals surface area contributed by atoms with E-state index in [0.29, 0.717) is 12.0 Å². The van der Waals surface area contributed by atoms with Crippen molar-refractivity contribution in [2.75, 3.05) is 0 Å². The van der Waals surface area contributed by atoms with Gasteiger partial charge >= 0.3 is 0 Å². The van der Waals surface area contributed by atoms with Gasteiger partial charge < -0.3 is 0 Å². The minimum atomic E-state index is 0.328. The molecule has 2 fully saturated rings. The van der Waals surface area contributed by atoms with Crippen molar-refractivity contribution >= 4 is 0 Å². The van der Waals surface area contributed by atoms with Gasteiger partial charge in [0.25, 0.3) is 0 Å². The molecule has 0 heterocycles. The van der Waals surface area contributed by atoms with Crippen LogP contribution in [0.2, 0.25) is 0 Å². The van der Waals surface area contributed by atoms with Gasteiger partial charge in [-0.1, -0.05) is 37.6 Å². The van der Waals surface area contributed by atoms with Gasteiger partial charge in [0, 0.05) is 6.04 Å². The zero-order chi connectivity index (χ0) is 12.5. The quantitative estimate of drug-likeness (QED) is 0.614. The maximum absolute atomic E-state index is 5.85. The van der Waals surface area contributed by atoms with Crippen molar-refractivity contribution in [1.82, 2.24) is 5.43 Å². The lowest BCUT2D eigenvalue weighted by Crippen LogP contribution is -2.34. The van der Waals surface area contributed by atoms with Crippen molar-refractivity contribution in [3.63, 3.8) is 0 Å². The van der Waals surface area contributed by atoms with E-state index in [-0.39, 0.29) is 0 Å². The number of nitrogens with two attached hydrogens (primary N) is 1. The van der Waals surface area contributed by atoms with Crippen LogP contribution in [-0.2, 0) is 0 Å². The van der Waals surface area contributed by atoms with Gasteiger partial charge in [-0.2, -0.15) is 0 Å². The zero-order valence-electron chi connectivity index (χ0n) is 11.2. The average Bonchev–Trinajstić information content (AvgIpc) is 3.13. The minimum Gasteiger partial charge on any atom is -0.271 e. The zero-order valence-corrected chi connectivity index (χ0v) is 11.2. The molecule has 1 aromatic rings. The van der Waals surface area contributed by atoms with Crippen LogP contribution in [0.15, 0.2) is 24.3 Å². The van der Waals surface area contributed by atoms with Crippen molar-refractivity contribution < 1.29 is 0 Å². The Bertz CT molecular complexity index is 407. The first-order valence-electron chi connectivity index (χ1n) is 7.36. The van der Waals surface area contributed by atoms with E-state index in [4.69, 9.17) is 5.84 Å². The summed E-state index contributed by atoms with van der Waals surface area (Å²) in [7, 11) is 0. The molecule has 2 aliphatic rings. The second kappa shape index (κ2) is 5.02. The van der Waals surface area contributed by atoms with Gasteiger partial charge in [0.2, 0.25) is 0 Å². The second-order valence-corrected chi connectivity index (χ2v) is 6.10. The van der Waals surface area contributed by atoms with Crippen LogP contribution < -0.4 is 11.3 Å². The maximum atomic E-state index is 5.85. The summed E-state index contributed by atoms with van der Waals surface area (Å²) in [4.78, 5) is 0. The third-order valence-corrected chi connectivity index (χ3v) is 4.95. The lowest BCUT2D eigenvalue weighted by Gasteiger charge is -2.32. The van der Waals surface area contributed by atoms with Crippen LogP contribution in [0.25, 0.3) is 0 Å². The smallest absolute Gasteiger partial charge is 0.0490 e. The molecule has 0 saturated heterocycles. The van der Waals surface area contributed by atoms with Crippen molar-refractivity contribution in [3.8, 4) is 0 Å². The van der Waals surface area contributed by atoms with Crippen LogP contribution in [0.4, 0.5) is 0 Å². The largest absolute Gasteiger partial charge is 0.271 e. The van der Waals surface area contributed by atoms with E-state index in [1.54, 1.807) is 5.56 Å². The standard InChI is InChI=1S/C16H24N2/c1-11(12-9-10-12)16(18-17)15-8-3-2-7-14(15)13-5-4-6-13/h2-3,7-8,11-13,16,18H,4-6,9-10,17H2,1H3. The lowest BCUT2D eigenvalue weighted by atomic mass is 9.75. The fraction of sp³-hybridized carbons (Fsp3) is 0.625. The molecule has 1 aromatic carbocycles.